The molecule has 1 aliphatic rings. The van der Waals surface area contributed by atoms with Gasteiger partial charge in [-0.05, 0) is 42.9 Å². The molecule has 1 aliphatic carbocycles. The normalized spacial score (nSPS) is 14.6. The Labute approximate surface area is 111 Å². The third kappa shape index (κ3) is 2.26. The van der Waals surface area contributed by atoms with Crippen LogP contribution in [0.1, 0.15) is 29.0 Å². The molecule has 0 aliphatic heterocycles. The lowest BCUT2D eigenvalue weighted by Crippen LogP contribution is -2.02. The van der Waals surface area contributed by atoms with Crippen LogP contribution in [0.15, 0.2) is 23.6 Å². The molecular weight excluding hydrogens is 246 g/mol. The van der Waals surface area contributed by atoms with E-state index in [1.165, 1.54) is 42.4 Å². The summed E-state index contributed by atoms with van der Waals surface area (Å²) < 4.78 is 0. The molecule has 17 heavy (non-hydrogen) atoms. The Balaban J connectivity index is 1.97. The van der Waals surface area contributed by atoms with Crippen LogP contribution in [-0.4, -0.2) is 4.98 Å². The van der Waals surface area contributed by atoms with E-state index in [-0.39, 0.29) is 0 Å². The van der Waals surface area contributed by atoms with Gasteiger partial charge < -0.3 is 0 Å². The molecule has 0 spiro atoms. The number of benzene rings is 1. The second-order valence-electron chi connectivity index (χ2n) is 4.48. The van der Waals surface area contributed by atoms with Gasteiger partial charge in [-0.2, -0.15) is 12.6 Å². The van der Waals surface area contributed by atoms with Crippen molar-refractivity contribution in [2.24, 2.45) is 0 Å². The summed E-state index contributed by atoms with van der Waals surface area (Å²) in [4.78, 5) is 4.59. The van der Waals surface area contributed by atoms with Crippen molar-refractivity contribution in [1.29, 1.82) is 0 Å². The Morgan fingerprint density at radius 2 is 2.00 bits per heavy atom. The Morgan fingerprint density at radius 1 is 1.18 bits per heavy atom. The van der Waals surface area contributed by atoms with Crippen LogP contribution in [0.3, 0.4) is 0 Å². The second kappa shape index (κ2) is 4.83. The van der Waals surface area contributed by atoms with E-state index >= 15 is 0 Å². The minimum atomic E-state index is 0.732. The maximum Gasteiger partial charge on any atom is 0.103 e. The van der Waals surface area contributed by atoms with Gasteiger partial charge in [0.2, 0.25) is 0 Å². The monoisotopic (exact) mass is 261 g/mol. The largest absolute Gasteiger partial charge is 0.240 e. The predicted octanol–water partition coefficient (Wildman–Crippen LogP) is 4.12. The van der Waals surface area contributed by atoms with Crippen molar-refractivity contribution in [3.05, 3.63) is 39.7 Å². The fraction of sp³-hybridized carbons (Fsp3) is 0.357. The number of hydrogen-bond donors (Lipinski definition) is 1. The highest BCUT2D eigenvalue weighted by atomic mass is 32.1. The zero-order chi connectivity index (χ0) is 11.7. The van der Waals surface area contributed by atoms with Gasteiger partial charge in [0.15, 0.2) is 0 Å². The van der Waals surface area contributed by atoms with Crippen LogP contribution in [0.5, 0.6) is 0 Å². The summed E-state index contributed by atoms with van der Waals surface area (Å²) in [5.74, 6) is 0.732. The van der Waals surface area contributed by atoms with Crippen molar-refractivity contribution in [2.75, 3.05) is 0 Å². The fourth-order valence-corrected chi connectivity index (χ4v) is 3.37. The van der Waals surface area contributed by atoms with Gasteiger partial charge in [0, 0.05) is 16.7 Å². The minimum absolute atomic E-state index is 0.732. The van der Waals surface area contributed by atoms with Gasteiger partial charge in [-0.1, -0.05) is 12.1 Å². The van der Waals surface area contributed by atoms with Crippen molar-refractivity contribution < 1.29 is 0 Å². The summed E-state index contributed by atoms with van der Waals surface area (Å²) in [6, 6.07) is 6.82. The Bertz CT molecular complexity index is 531. The maximum atomic E-state index is 4.59. The van der Waals surface area contributed by atoms with E-state index < -0.39 is 0 Å². The first-order valence-corrected chi connectivity index (χ1v) is 7.55. The lowest BCUT2D eigenvalue weighted by atomic mass is 9.90. The van der Waals surface area contributed by atoms with Crippen LogP contribution in [-0.2, 0) is 18.6 Å². The van der Waals surface area contributed by atoms with Crippen molar-refractivity contribution in [3.63, 3.8) is 0 Å². The molecule has 0 saturated carbocycles. The molecule has 0 fully saturated rings. The maximum absolute atomic E-state index is 4.59. The van der Waals surface area contributed by atoms with Gasteiger partial charge in [-0.15, -0.1) is 11.3 Å². The number of nitrogens with zero attached hydrogens (tertiary/aromatic N) is 1. The van der Waals surface area contributed by atoms with Crippen LogP contribution in [0.2, 0.25) is 0 Å². The van der Waals surface area contributed by atoms with Crippen LogP contribution in [0.25, 0.3) is 11.3 Å². The molecule has 0 saturated heterocycles. The van der Waals surface area contributed by atoms with Crippen molar-refractivity contribution in [1.82, 2.24) is 4.98 Å². The average molecular weight is 261 g/mol. The number of thiol groups is 1. The zero-order valence-corrected chi connectivity index (χ0v) is 11.4. The number of aromatic nitrogens is 1. The van der Waals surface area contributed by atoms with E-state index in [1.54, 1.807) is 11.3 Å². The van der Waals surface area contributed by atoms with Gasteiger partial charge in [-0.25, -0.2) is 4.98 Å². The molecule has 0 bridgehead atoms. The molecule has 1 heterocycles. The first-order valence-electron chi connectivity index (χ1n) is 6.04. The molecule has 1 aromatic carbocycles. The topological polar surface area (TPSA) is 12.9 Å². The molecular formula is C14H15NS2. The highest BCUT2D eigenvalue weighted by Crippen LogP contribution is 2.28. The third-order valence-corrected chi connectivity index (χ3v) is 4.69. The standard InChI is InChI=1S/C14H15NS2/c16-8-14-15-13(9-17-14)12-6-5-10-3-1-2-4-11(10)7-12/h5-7,9,16H,1-4,8H2. The Hall–Kier alpha value is -0.800. The Kier molecular flexibility index (Phi) is 3.21. The molecule has 0 amide bonds. The lowest BCUT2D eigenvalue weighted by Gasteiger charge is -2.16. The molecule has 3 heteroatoms. The van der Waals surface area contributed by atoms with E-state index in [1.807, 2.05) is 0 Å². The summed E-state index contributed by atoms with van der Waals surface area (Å²) >= 11 is 5.96. The Morgan fingerprint density at radius 3 is 2.76 bits per heavy atom. The molecule has 0 radical (unpaired) electrons. The molecule has 0 unspecified atom stereocenters. The van der Waals surface area contributed by atoms with Crippen molar-refractivity contribution in [3.8, 4) is 11.3 Å². The lowest BCUT2D eigenvalue weighted by molar-refractivity contribution is 0.686. The van der Waals surface area contributed by atoms with Gasteiger partial charge in [0.25, 0.3) is 0 Å². The van der Waals surface area contributed by atoms with Crippen molar-refractivity contribution >= 4 is 24.0 Å². The molecule has 1 aromatic heterocycles. The van der Waals surface area contributed by atoms with E-state index in [0.717, 1.165) is 16.5 Å². The molecule has 2 aromatic rings. The van der Waals surface area contributed by atoms with E-state index in [0.29, 0.717) is 0 Å². The smallest absolute Gasteiger partial charge is 0.103 e. The summed E-state index contributed by atoms with van der Waals surface area (Å²) in [6.07, 6.45) is 5.14. The SMILES string of the molecule is SCc1nc(-c2ccc3c(c2)CCCC3)cs1. The zero-order valence-electron chi connectivity index (χ0n) is 9.65. The molecule has 88 valence electrons. The third-order valence-electron chi connectivity index (χ3n) is 3.33. The van der Waals surface area contributed by atoms with E-state index in [4.69, 9.17) is 0 Å². The van der Waals surface area contributed by atoms with E-state index in [2.05, 4.69) is 41.2 Å². The summed E-state index contributed by atoms with van der Waals surface area (Å²) in [7, 11) is 0. The number of aryl methyl sites for hydroxylation is 2. The highest BCUT2D eigenvalue weighted by molar-refractivity contribution is 7.79. The van der Waals surface area contributed by atoms with Crippen LogP contribution >= 0.6 is 24.0 Å². The first kappa shape index (κ1) is 11.3. The van der Waals surface area contributed by atoms with Gasteiger partial charge in [0.05, 0.1) is 5.69 Å². The van der Waals surface area contributed by atoms with E-state index in [9.17, 15) is 0 Å². The quantitative estimate of drug-likeness (QED) is 0.802. The average Bonchev–Trinajstić information content (AvgIpc) is 2.87. The minimum Gasteiger partial charge on any atom is -0.240 e. The van der Waals surface area contributed by atoms with Gasteiger partial charge >= 0.3 is 0 Å². The number of thiazole rings is 1. The highest BCUT2D eigenvalue weighted by Gasteiger charge is 2.11. The summed E-state index contributed by atoms with van der Waals surface area (Å²) in [5.41, 5.74) is 5.42. The van der Waals surface area contributed by atoms with Crippen LogP contribution < -0.4 is 0 Å². The van der Waals surface area contributed by atoms with Crippen molar-refractivity contribution in [2.45, 2.75) is 31.4 Å². The summed E-state index contributed by atoms with van der Waals surface area (Å²) in [6.45, 7) is 0. The number of rotatable bonds is 2. The second-order valence-corrected chi connectivity index (χ2v) is 5.73. The molecule has 0 N–H and O–H groups in total. The van der Waals surface area contributed by atoms with Crippen LogP contribution in [0.4, 0.5) is 0 Å². The summed E-state index contributed by atoms with van der Waals surface area (Å²) in [5, 5.41) is 3.23. The number of fused-ring (bicyclic) bond motifs is 1. The van der Waals surface area contributed by atoms with Crippen LogP contribution in [0, 0.1) is 0 Å². The molecule has 1 nitrogen and oxygen atoms in total. The predicted molar refractivity (Wildman–Crippen MR) is 76.9 cm³/mol. The first-order chi connectivity index (χ1) is 8.36. The molecule has 0 atom stereocenters. The molecule has 3 rings (SSSR count). The van der Waals surface area contributed by atoms with Gasteiger partial charge in [0.1, 0.15) is 5.01 Å². The number of hydrogen-bond acceptors (Lipinski definition) is 3. The van der Waals surface area contributed by atoms with Gasteiger partial charge in [-0.3, -0.25) is 0 Å². The fourth-order valence-electron chi connectivity index (χ4n) is 2.41.